The van der Waals surface area contributed by atoms with Gasteiger partial charge in [-0.1, -0.05) is 24.3 Å². The first-order chi connectivity index (χ1) is 9.83. The van der Waals surface area contributed by atoms with E-state index in [0.717, 1.165) is 26.1 Å². The highest BCUT2D eigenvalue weighted by Crippen LogP contribution is 2.17. The first-order valence-corrected chi connectivity index (χ1v) is 6.92. The molecule has 0 radical (unpaired) electrons. The van der Waals surface area contributed by atoms with Crippen LogP contribution in [0.15, 0.2) is 47.3 Å². The summed E-state index contributed by atoms with van der Waals surface area (Å²) < 4.78 is 4.90. The Balaban J connectivity index is 1.47. The zero-order valence-corrected chi connectivity index (χ0v) is 11.3. The second-order valence-corrected chi connectivity index (χ2v) is 5.06. The first kappa shape index (κ1) is 12.9. The van der Waals surface area contributed by atoms with Gasteiger partial charge in [-0.05, 0) is 23.6 Å². The molecule has 20 heavy (non-hydrogen) atoms. The lowest BCUT2D eigenvalue weighted by Crippen LogP contribution is -2.37. The summed E-state index contributed by atoms with van der Waals surface area (Å²) in [7, 11) is 0. The van der Waals surface area contributed by atoms with Gasteiger partial charge < -0.3 is 9.73 Å². The van der Waals surface area contributed by atoms with Crippen LogP contribution in [0.4, 0.5) is 0 Å². The molecule has 0 atom stereocenters. The van der Waals surface area contributed by atoms with Gasteiger partial charge in [0.25, 0.3) is 5.91 Å². The van der Waals surface area contributed by atoms with Crippen LogP contribution < -0.4 is 5.32 Å². The van der Waals surface area contributed by atoms with Crippen LogP contribution in [0.3, 0.4) is 0 Å². The molecule has 0 saturated heterocycles. The predicted octanol–water partition coefficient (Wildman–Crippen LogP) is 2.07. The molecule has 4 nitrogen and oxygen atoms in total. The van der Waals surface area contributed by atoms with Crippen LogP contribution in [0.5, 0.6) is 0 Å². The quantitative estimate of drug-likeness (QED) is 0.925. The van der Waals surface area contributed by atoms with Gasteiger partial charge in [-0.25, -0.2) is 0 Å². The number of nitrogens with one attached hydrogen (secondary N) is 1. The minimum atomic E-state index is -0.0730. The van der Waals surface area contributed by atoms with Crippen molar-refractivity contribution in [2.45, 2.75) is 13.0 Å². The molecule has 4 heteroatoms. The topological polar surface area (TPSA) is 45.5 Å². The summed E-state index contributed by atoms with van der Waals surface area (Å²) >= 11 is 0. The zero-order valence-electron chi connectivity index (χ0n) is 11.3. The van der Waals surface area contributed by atoms with Gasteiger partial charge >= 0.3 is 0 Å². The first-order valence-electron chi connectivity index (χ1n) is 6.92. The highest BCUT2D eigenvalue weighted by Gasteiger charge is 2.15. The predicted molar refractivity (Wildman–Crippen MR) is 76.5 cm³/mol. The van der Waals surface area contributed by atoms with Gasteiger partial charge in [-0.2, -0.15) is 0 Å². The maximum absolute atomic E-state index is 11.8. The van der Waals surface area contributed by atoms with E-state index in [2.05, 4.69) is 34.5 Å². The standard InChI is InChI=1S/C16H18N2O2/c19-16(15-6-10-20-12-15)17-7-9-18-8-5-13-3-1-2-4-14(13)11-18/h1-4,6,10,12H,5,7-9,11H2,(H,17,19). The number of nitrogens with zero attached hydrogens (tertiary/aromatic N) is 1. The van der Waals surface area contributed by atoms with Crippen molar-refractivity contribution in [3.05, 3.63) is 59.5 Å². The lowest BCUT2D eigenvalue weighted by atomic mass is 10.00. The summed E-state index contributed by atoms with van der Waals surface area (Å²) in [5, 5.41) is 2.92. The Kier molecular flexibility index (Phi) is 3.83. The molecule has 104 valence electrons. The molecular weight excluding hydrogens is 252 g/mol. The number of rotatable bonds is 4. The molecule has 0 spiro atoms. The van der Waals surface area contributed by atoms with E-state index < -0.39 is 0 Å². The van der Waals surface area contributed by atoms with Crippen molar-refractivity contribution in [3.63, 3.8) is 0 Å². The van der Waals surface area contributed by atoms with E-state index in [9.17, 15) is 4.79 Å². The number of hydrogen-bond donors (Lipinski definition) is 1. The molecular formula is C16H18N2O2. The number of amides is 1. The molecule has 1 aromatic carbocycles. The number of carbonyl (C=O) groups excluding carboxylic acids is 1. The van der Waals surface area contributed by atoms with E-state index in [4.69, 9.17) is 4.42 Å². The van der Waals surface area contributed by atoms with Gasteiger partial charge in [0.05, 0.1) is 11.8 Å². The molecule has 0 aliphatic carbocycles. The van der Waals surface area contributed by atoms with Crippen LogP contribution in [0.25, 0.3) is 0 Å². The van der Waals surface area contributed by atoms with Crippen LogP contribution in [-0.2, 0) is 13.0 Å². The summed E-state index contributed by atoms with van der Waals surface area (Å²) in [4.78, 5) is 14.1. The van der Waals surface area contributed by atoms with Crippen molar-refractivity contribution in [3.8, 4) is 0 Å². The molecule has 1 aliphatic heterocycles. The van der Waals surface area contributed by atoms with E-state index in [0.29, 0.717) is 12.1 Å². The number of carbonyl (C=O) groups is 1. The van der Waals surface area contributed by atoms with Crippen molar-refractivity contribution < 1.29 is 9.21 Å². The average Bonchev–Trinajstić information content (AvgIpc) is 3.01. The molecule has 2 heterocycles. The SMILES string of the molecule is O=C(NCCN1CCc2ccccc2C1)c1ccoc1. The van der Waals surface area contributed by atoms with Crippen molar-refractivity contribution >= 4 is 5.91 Å². The molecule has 1 N–H and O–H groups in total. The largest absolute Gasteiger partial charge is 0.472 e. The fourth-order valence-electron chi connectivity index (χ4n) is 2.57. The van der Waals surface area contributed by atoms with Crippen LogP contribution in [0.2, 0.25) is 0 Å². The number of benzene rings is 1. The van der Waals surface area contributed by atoms with E-state index in [1.165, 1.54) is 23.7 Å². The lowest BCUT2D eigenvalue weighted by molar-refractivity contribution is 0.0946. The Labute approximate surface area is 118 Å². The zero-order chi connectivity index (χ0) is 13.8. The third kappa shape index (κ3) is 2.91. The highest BCUT2D eigenvalue weighted by atomic mass is 16.3. The second kappa shape index (κ2) is 5.92. The Morgan fingerprint density at radius 1 is 1.25 bits per heavy atom. The molecule has 1 amide bonds. The minimum absolute atomic E-state index is 0.0730. The van der Waals surface area contributed by atoms with Crippen molar-refractivity contribution in [1.82, 2.24) is 10.2 Å². The van der Waals surface area contributed by atoms with E-state index in [1.54, 1.807) is 6.07 Å². The van der Waals surface area contributed by atoms with Crippen molar-refractivity contribution in [1.29, 1.82) is 0 Å². The second-order valence-electron chi connectivity index (χ2n) is 5.06. The average molecular weight is 270 g/mol. The van der Waals surface area contributed by atoms with Crippen molar-refractivity contribution in [2.24, 2.45) is 0 Å². The Morgan fingerprint density at radius 3 is 2.90 bits per heavy atom. The number of furan rings is 1. The fraction of sp³-hybridized carbons (Fsp3) is 0.312. The van der Waals surface area contributed by atoms with Gasteiger partial charge in [0, 0.05) is 26.2 Å². The maximum Gasteiger partial charge on any atom is 0.254 e. The minimum Gasteiger partial charge on any atom is -0.472 e. The lowest BCUT2D eigenvalue weighted by Gasteiger charge is -2.28. The Bertz CT molecular complexity index is 578. The van der Waals surface area contributed by atoms with E-state index in [-0.39, 0.29) is 5.91 Å². The van der Waals surface area contributed by atoms with E-state index in [1.807, 2.05) is 0 Å². The summed E-state index contributed by atoms with van der Waals surface area (Å²) in [6.45, 7) is 3.56. The van der Waals surface area contributed by atoms with Gasteiger partial charge in [0.15, 0.2) is 0 Å². The molecule has 0 fully saturated rings. The van der Waals surface area contributed by atoms with Crippen LogP contribution in [0.1, 0.15) is 21.5 Å². The maximum atomic E-state index is 11.8. The number of hydrogen-bond acceptors (Lipinski definition) is 3. The monoisotopic (exact) mass is 270 g/mol. The van der Waals surface area contributed by atoms with Crippen LogP contribution in [-0.4, -0.2) is 30.4 Å². The van der Waals surface area contributed by atoms with Crippen LogP contribution in [0, 0.1) is 0 Å². The molecule has 1 aromatic heterocycles. The molecule has 3 rings (SSSR count). The molecule has 1 aliphatic rings. The van der Waals surface area contributed by atoms with Gasteiger partial charge in [-0.15, -0.1) is 0 Å². The molecule has 2 aromatic rings. The van der Waals surface area contributed by atoms with Gasteiger partial charge in [0.2, 0.25) is 0 Å². The van der Waals surface area contributed by atoms with Gasteiger partial charge in [-0.3, -0.25) is 9.69 Å². The Hall–Kier alpha value is -2.07. The fourth-order valence-corrected chi connectivity index (χ4v) is 2.57. The number of fused-ring (bicyclic) bond motifs is 1. The van der Waals surface area contributed by atoms with Gasteiger partial charge in [0.1, 0.15) is 6.26 Å². The smallest absolute Gasteiger partial charge is 0.254 e. The Morgan fingerprint density at radius 2 is 2.10 bits per heavy atom. The molecule has 0 bridgehead atoms. The normalized spacial score (nSPS) is 14.8. The summed E-state index contributed by atoms with van der Waals surface area (Å²) in [5.41, 5.74) is 3.43. The molecule has 0 unspecified atom stereocenters. The van der Waals surface area contributed by atoms with Crippen molar-refractivity contribution in [2.75, 3.05) is 19.6 Å². The third-order valence-corrected chi connectivity index (χ3v) is 3.71. The van der Waals surface area contributed by atoms with Crippen LogP contribution >= 0.6 is 0 Å². The summed E-state index contributed by atoms with van der Waals surface area (Å²) in [5.74, 6) is -0.0730. The summed E-state index contributed by atoms with van der Waals surface area (Å²) in [6.07, 6.45) is 4.06. The van der Waals surface area contributed by atoms with E-state index >= 15 is 0 Å². The highest BCUT2D eigenvalue weighted by molar-refractivity contribution is 5.93. The molecule has 0 saturated carbocycles. The third-order valence-electron chi connectivity index (χ3n) is 3.71. The summed E-state index contributed by atoms with van der Waals surface area (Å²) in [6, 6.07) is 10.2.